The van der Waals surface area contributed by atoms with Crippen molar-refractivity contribution in [1.82, 2.24) is 5.32 Å². The zero-order valence-corrected chi connectivity index (χ0v) is 12.2. The summed E-state index contributed by atoms with van der Waals surface area (Å²) in [6.07, 6.45) is 5.37. The number of anilines is 1. The molecule has 0 saturated heterocycles. The molecule has 0 aromatic heterocycles. The lowest BCUT2D eigenvalue weighted by molar-refractivity contribution is 0.0718. The second-order valence-corrected chi connectivity index (χ2v) is 6.04. The molecule has 0 atom stereocenters. The van der Waals surface area contributed by atoms with Gasteiger partial charge in [0.15, 0.2) is 0 Å². The average Bonchev–Trinajstić information content (AvgIpc) is 2.48. The number of benzene rings is 1. The summed E-state index contributed by atoms with van der Waals surface area (Å²) in [5.41, 5.74) is 6.42. The van der Waals surface area contributed by atoms with Gasteiger partial charge in [-0.25, -0.2) is 0 Å². The van der Waals surface area contributed by atoms with Crippen LogP contribution in [-0.2, 0) is 0 Å². The van der Waals surface area contributed by atoms with Gasteiger partial charge in [0, 0.05) is 17.5 Å². The number of halogens is 1. The minimum Gasteiger partial charge on any atom is -0.398 e. The molecular formula is C15H21ClN2O2. The van der Waals surface area contributed by atoms with E-state index in [4.69, 9.17) is 17.3 Å². The molecule has 1 aromatic rings. The number of aliphatic hydroxyl groups is 1. The summed E-state index contributed by atoms with van der Waals surface area (Å²) < 4.78 is 0. The smallest absolute Gasteiger partial charge is 0.251 e. The van der Waals surface area contributed by atoms with Gasteiger partial charge >= 0.3 is 0 Å². The second kappa shape index (κ2) is 6.46. The quantitative estimate of drug-likeness (QED) is 0.748. The van der Waals surface area contributed by atoms with Gasteiger partial charge in [0.2, 0.25) is 0 Å². The normalized spacial score (nSPS) is 17.7. The molecule has 5 heteroatoms. The number of carbonyl (C=O) groups excluding carboxylic acids is 1. The van der Waals surface area contributed by atoms with Crippen LogP contribution in [0.2, 0.25) is 5.02 Å². The number of nitrogens with two attached hydrogens (primary N) is 1. The predicted molar refractivity (Wildman–Crippen MR) is 80.8 cm³/mol. The lowest BCUT2D eigenvalue weighted by Crippen LogP contribution is -2.41. The van der Waals surface area contributed by atoms with E-state index >= 15 is 0 Å². The first-order valence-electron chi connectivity index (χ1n) is 7.00. The highest BCUT2D eigenvalue weighted by atomic mass is 35.5. The molecule has 1 saturated carbocycles. The van der Waals surface area contributed by atoms with Crippen LogP contribution in [0.5, 0.6) is 0 Å². The van der Waals surface area contributed by atoms with E-state index in [9.17, 15) is 9.90 Å². The third-order valence-corrected chi connectivity index (χ3v) is 4.46. The van der Waals surface area contributed by atoms with Crippen molar-refractivity contribution in [2.24, 2.45) is 5.41 Å². The lowest BCUT2D eigenvalue weighted by Gasteiger charge is -2.35. The first-order valence-corrected chi connectivity index (χ1v) is 7.38. The van der Waals surface area contributed by atoms with E-state index in [1.807, 2.05) is 0 Å². The minimum atomic E-state index is -0.176. The van der Waals surface area contributed by atoms with Gasteiger partial charge in [-0.1, -0.05) is 30.9 Å². The van der Waals surface area contributed by atoms with Crippen molar-refractivity contribution in [1.29, 1.82) is 0 Å². The van der Waals surface area contributed by atoms with Crippen LogP contribution >= 0.6 is 11.6 Å². The van der Waals surface area contributed by atoms with Crippen LogP contribution in [0.1, 0.15) is 42.5 Å². The van der Waals surface area contributed by atoms with Crippen molar-refractivity contribution in [2.45, 2.75) is 32.1 Å². The molecule has 0 radical (unpaired) electrons. The molecule has 2 rings (SSSR count). The van der Waals surface area contributed by atoms with Crippen LogP contribution in [0, 0.1) is 5.41 Å². The number of hydrogen-bond donors (Lipinski definition) is 3. The van der Waals surface area contributed by atoms with Gasteiger partial charge in [-0.2, -0.15) is 0 Å². The Balaban J connectivity index is 1.98. The summed E-state index contributed by atoms with van der Waals surface area (Å²) in [6, 6.07) is 4.85. The van der Waals surface area contributed by atoms with Crippen molar-refractivity contribution in [3.05, 3.63) is 28.8 Å². The fraction of sp³-hybridized carbons (Fsp3) is 0.533. The van der Waals surface area contributed by atoms with E-state index in [2.05, 4.69) is 5.32 Å². The van der Waals surface area contributed by atoms with Gasteiger partial charge in [0.1, 0.15) is 0 Å². The highest BCUT2D eigenvalue weighted by Gasteiger charge is 2.31. The Morgan fingerprint density at radius 2 is 2.05 bits per heavy atom. The number of nitrogens with one attached hydrogen (secondary N) is 1. The molecule has 1 aromatic carbocycles. The average molecular weight is 297 g/mol. The molecule has 20 heavy (non-hydrogen) atoms. The van der Waals surface area contributed by atoms with Crippen molar-refractivity contribution >= 4 is 23.2 Å². The number of amides is 1. The van der Waals surface area contributed by atoms with E-state index in [-0.39, 0.29) is 17.9 Å². The molecule has 110 valence electrons. The van der Waals surface area contributed by atoms with Gasteiger partial charge in [0.05, 0.1) is 17.3 Å². The topological polar surface area (TPSA) is 75.4 Å². The third-order valence-electron chi connectivity index (χ3n) is 4.14. The Morgan fingerprint density at radius 3 is 2.65 bits per heavy atom. The summed E-state index contributed by atoms with van der Waals surface area (Å²) >= 11 is 5.92. The van der Waals surface area contributed by atoms with Crippen LogP contribution in [0.3, 0.4) is 0 Å². The van der Waals surface area contributed by atoms with Gasteiger partial charge < -0.3 is 16.2 Å². The number of hydrogen-bond acceptors (Lipinski definition) is 3. The first kappa shape index (κ1) is 15.1. The van der Waals surface area contributed by atoms with E-state index in [1.165, 1.54) is 6.42 Å². The molecule has 1 aliphatic carbocycles. The van der Waals surface area contributed by atoms with Crippen molar-refractivity contribution in [3.63, 3.8) is 0 Å². The van der Waals surface area contributed by atoms with Gasteiger partial charge in [0.25, 0.3) is 5.91 Å². The summed E-state index contributed by atoms with van der Waals surface area (Å²) in [5.74, 6) is -0.176. The van der Waals surface area contributed by atoms with Crippen molar-refractivity contribution < 1.29 is 9.90 Å². The Bertz CT molecular complexity index is 485. The highest BCUT2D eigenvalue weighted by Crippen LogP contribution is 2.35. The first-order chi connectivity index (χ1) is 9.56. The molecule has 0 unspecified atom stereocenters. The maximum Gasteiger partial charge on any atom is 0.251 e. The number of carbonyl (C=O) groups is 1. The number of nitrogen functional groups attached to an aromatic ring is 1. The standard InChI is InChI=1S/C15H21ClN2O2/c16-12-8-11(4-5-13(12)17)14(20)18-9-15(10-19)6-2-1-3-7-15/h4-5,8,19H,1-3,6-7,9-10,17H2,(H,18,20). The molecule has 0 aliphatic heterocycles. The Kier molecular flexibility index (Phi) is 4.89. The fourth-order valence-electron chi connectivity index (χ4n) is 2.73. The van der Waals surface area contributed by atoms with Crippen LogP contribution in [0.25, 0.3) is 0 Å². The summed E-state index contributed by atoms with van der Waals surface area (Å²) in [6.45, 7) is 0.625. The zero-order chi connectivity index (χ0) is 14.6. The summed E-state index contributed by atoms with van der Waals surface area (Å²) in [5, 5.41) is 12.9. The highest BCUT2D eigenvalue weighted by molar-refractivity contribution is 6.33. The third kappa shape index (κ3) is 3.44. The predicted octanol–water partition coefficient (Wildman–Crippen LogP) is 2.59. The van der Waals surface area contributed by atoms with E-state index in [0.29, 0.717) is 22.8 Å². The molecule has 4 nitrogen and oxygen atoms in total. The van der Waals surface area contributed by atoms with E-state index in [1.54, 1.807) is 18.2 Å². The van der Waals surface area contributed by atoms with Crippen molar-refractivity contribution in [3.8, 4) is 0 Å². The van der Waals surface area contributed by atoms with E-state index < -0.39 is 0 Å². The Labute approximate surface area is 124 Å². The zero-order valence-electron chi connectivity index (χ0n) is 11.5. The number of aliphatic hydroxyl groups excluding tert-OH is 1. The van der Waals surface area contributed by atoms with Gasteiger partial charge in [-0.3, -0.25) is 4.79 Å². The van der Waals surface area contributed by atoms with Crippen molar-refractivity contribution in [2.75, 3.05) is 18.9 Å². The molecule has 0 heterocycles. The van der Waals surface area contributed by atoms with Crippen LogP contribution < -0.4 is 11.1 Å². The molecule has 4 N–H and O–H groups in total. The number of rotatable bonds is 4. The molecule has 1 fully saturated rings. The summed E-state index contributed by atoms with van der Waals surface area (Å²) in [7, 11) is 0. The largest absolute Gasteiger partial charge is 0.398 e. The molecule has 0 spiro atoms. The molecule has 1 amide bonds. The minimum absolute atomic E-state index is 0.121. The van der Waals surface area contributed by atoms with Gasteiger partial charge in [-0.15, -0.1) is 0 Å². The molecule has 0 bridgehead atoms. The summed E-state index contributed by atoms with van der Waals surface area (Å²) in [4.78, 5) is 12.1. The van der Waals surface area contributed by atoms with Crippen LogP contribution in [-0.4, -0.2) is 24.2 Å². The van der Waals surface area contributed by atoms with E-state index in [0.717, 1.165) is 25.7 Å². The van der Waals surface area contributed by atoms with Crippen LogP contribution in [0.15, 0.2) is 18.2 Å². The Hall–Kier alpha value is -1.26. The van der Waals surface area contributed by atoms with Crippen LogP contribution in [0.4, 0.5) is 5.69 Å². The molecular weight excluding hydrogens is 276 g/mol. The van der Waals surface area contributed by atoms with Gasteiger partial charge in [-0.05, 0) is 31.0 Å². The maximum absolute atomic E-state index is 12.1. The monoisotopic (exact) mass is 296 g/mol. The molecule has 1 aliphatic rings. The fourth-order valence-corrected chi connectivity index (χ4v) is 2.91. The Morgan fingerprint density at radius 1 is 1.35 bits per heavy atom. The maximum atomic E-state index is 12.1. The second-order valence-electron chi connectivity index (χ2n) is 5.64. The SMILES string of the molecule is Nc1ccc(C(=O)NCC2(CO)CCCCC2)cc1Cl. The lowest BCUT2D eigenvalue weighted by atomic mass is 9.74.